The van der Waals surface area contributed by atoms with Gasteiger partial charge in [0.05, 0.1) is 17.9 Å². The molecule has 2 aromatic heterocycles. The molecule has 0 bridgehead atoms. The topological polar surface area (TPSA) is 47.7 Å². The molecule has 0 aliphatic heterocycles. The lowest BCUT2D eigenvalue weighted by molar-refractivity contribution is 0.450. The number of nitrogens with one attached hydrogen (secondary N) is 1. The number of benzene rings is 1. The number of nitrogens with zero attached hydrogens (tertiary/aromatic N) is 4. The Bertz CT molecular complexity index is 743. The quantitative estimate of drug-likeness (QED) is 0.761. The van der Waals surface area contributed by atoms with Gasteiger partial charge in [-0.2, -0.15) is 10.2 Å². The summed E-state index contributed by atoms with van der Waals surface area (Å²) >= 11 is 0. The summed E-state index contributed by atoms with van der Waals surface area (Å²) < 4.78 is 3.97. The maximum atomic E-state index is 4.69. The van der Waals surface area contributed by atoms with Gasteiger partial charge in [-0.25, -0.2) is 4.68 Å². The van der Waals surface area contributed by atoms with Crippen molar-refractivity contribution in [2.45, 2.75) is 39.9 Å². The molecule has 1 N–H and O–H groups in total. The molecule has 5 nitrogen and oxygen atoms in total. The molecule has 120 valence electrons. The van der Waals surface area contributed by atoms with Crippen LogP contribution < -0.4 is 5.32 Å². The summed E-state index contributed by atoms with van der Waals surface area (Å²) in [6.45, 7) is 8.04. The van der Waals surface area contributed by atoms with Gasteiger partial charge in [0.1, 0.15) is 0 Å². The van der Waals surface area contributed by atoms with Crippen molar-refractivity contribution in [1.29, 1.82) is 0 Å². The molecule has 5 heteroatoms. The fourth-order valence-electron chi connectivity index (χ4n) is 2.78. The number of rotatable bonds is 6. The van der Waals surface area contributed by atoms with Crippen molar-refractivity contribution in [3.05, 3.63) is 65.7 Å². The van der Waals surface area contributed by atoms with Gasteiger partial charge in [0.15, 0.2) is 0 Å². The van der Waals surface area contributed by atoms with Crippen LogP contribution >= 0.6 is 0 Å². The van der Waals surface area contributed by atoms with E-state index in [1.807, 2.05) is 46.0 Å². The van der Waals surface area contributed by atoms with Crippen molar-refractivity contribution >= 4 is 0 Å². The minimum Gasteiger partial charge on any atom is -0.308 e. The van der Waals surface area contributed by atoms with Crippen LogP contribution in [0.5, 0.6) is 0 Å². The van der Waals surface area contributed by atoms with Crippen LogP contribution in [0.25, 0.3) is 5.69 Å². The van der Waals surface area contributed by atoms with Gasteiger partial charge in [0.2, 0.25) is 0 Å². The molecule has 0 amide bonds. The van der Waals surface area contributed by atoms with Crippen LogP contribution in [0.1, 0.15) is 23.9 Å². The van der Waals surface area contributed by atoms with Crippen LogP contribution in [-0.4, -0.2) is 25.6 Å². The highest BCUT2D eigenvalue weighted by Crippen LogP contribution is 2.17. The maximum Gasteiger partial charge on any atom is 0.0648 e. The molecule has 3 rings (SSSR count). The Hall–Kier alpha value is -2.40. The Labute approximate surface area is 136 Å². The smallest absolute Gasteiger partial charge is 0.0648 e. The Morgan fingerprint density at radius 1 is 1.13 bits per heavy atom. The highest BCUT2D eigenvalue weighted by atomic mass is 15.3. The predicted octanol–water partition coefficient (Wildman–Crippen LogP) is 2.86. The predicted molar refractivity (Wildman–Crippen MR) is 91.6 cm³/mol. The van der Waals surface area contributed by atoms with Gasteiger partial charge in [0.25, 0.3) is 0 Å². The van der Waals surface area contributed by atoms with E-state index in [9.17, 15) is 0 Å². The van der Waals surface area contributed by atoms with E-state index in [-0.39, 0.29) is 0 Å². The van der Waals surface area contributed by atoms with Gasteiger partial charge >= 0.3 is 0 Å². The van der Waals surface area contributed by atoms with Crippen molar-refractivity contribution in [2.24, 2.45) is 0 Å². The highest BCUT2D eigenvalue weighted by molar-refractivity contribution is 5.36. The molecule has 0 aliphatic rings. The molecule has 0 fully saturated rings. The Morgan fingerprint density at radius 2 is 1.91 bits per heavy atom. The van der Waals surface area contributed by atoms with Crippen LogP contribution in [0.4, 0.5) is 0 Å². The van der Waals surface area contributed by atoms with E-state index in [1.165, 1.54) is 11.3 Å². The molecule has 0 radical (unpaired) electrons. The number of aryl methyl sites for hydroxylation is 1. The standard InChI is InChI=1S/C18H23N5/c1-14(13-22-11-7-10-20-22)19-12-18-15(2)21-23(16(18)3)17-8-5-4-6-9-17/h4-11,14,19H,12-13H2,1-3H3. The summed E-state index contributed by atoms with van der Waals surface area (Å²) in [7, 11) is 0. The largest absolute Gasteiger partial charge is 0.308 e. The molecule has 0 saturated carbocycles. The van der Waals surface area contributed by atoms with E-state index < -0.39 is 0 Å². The van der Waals surface area contributed by atoms with Crippen molar-refractivity contribution in [3.8, 4) is 5.69 Å². The summed E-state index contributed by atoms with van der Waals surface area (Å²) in [5.41, 5.74) is 4.63. The summed E-state index contributed by atoms with van der Waals surface area (Å²) in [6.07, 6.45) is 3.80. The van der Waals surface area contributed by atoms with Gasteiger partial charge in [-0.3, -0.25) is 4.68 Å². The molecule has 3 aromatic rings. The van der Waals surface area contributed by atoms with E-state index in [4.69, 9.17) is 5.10 Å². The van der Waals surface area contributed by atoms with E-state index in [0.717, 1.165) is 24.5 Å². The SMILES string of the molecule is Cc1nn(-c2ccccc2)c(C)c1CNC(C)Cn1cccn1. The van der Waals surface area contributed by atoms with E-state index in [0.29, 0.717) is 6.04 Å². The fourth-order valence-corrected chi connectivity index (χ4v) is 2.78. The molecule has 0 spiro atoms. The minimum atomic E-state index is 0.341. The number of hydrogen-bond acceptors (Lipinski definition) is 3. The molecule has 0 aliphatic carbocycles. The van der Waals surface area contributed by atoms with Crippen LogP contribution in [0.3, 0.4) is 0 Å². The summed E-state index contributed by atoms with van der Waals surface area (Å²) in [5.74, 6) is 0. The number of para-hydroxylation sites is 1. The Kier molecular flexibility index (Phi) is 4.57. The molecule has 1 unspecified atom stereocenters. The lowest BCUT2D eigenvalue weighted by Gasteiger charge is -2.14. The maximum absolute atomic E-state index is 4.69. The average Bonchev–Trinajstić information content (AvgIpc) is 3.15. The molecule has 1 aromatic carbocycles. The molecule has 2 heterocycles. The second-order valence-corrected chi connectivity index (χ2v) is 5.91. The van der Waals surface area contributed by atoms with E-state index in [1.54, 1.807) is 0 Å². The zero-order chi connectivity index (χ0) is 16.2. The number of hydrogen-bond donors (Lipinski definition) is 1. The van der Waals surface area contributed by atoms with Gasteiger partial charge < -0.3 is 5.32 Å². The van der Waals surface area contributed by atoms with Crippen molar-refractivity contribution in [2.75, 3.05) is 0 Å². The van der Waals surface area contributed by atoms with Crippen LogP contribution in [0.15, 0.2) is 48.8 Å². The first-order valence-electron chi connectivity index (χ1n) is 7.96. The Balaban J connectivity index is 1.70. The highest BCUT2D eigenvalue weighted by Gasteiger charge is 2.13. The van der Waals surface area contributed by atoms with E-state index in [2.05, 4.69) is 43.3 Å². The normalized spacial score (nSPS) is 12.5. The lowest BCUT2D eigenvalue weighted by atomic mass is 10.2. The first-order valence-corrected chi connectivity index (χ1v) is 7.96. The summed E-state index contributed by atoms with van der Waals surface area (Å²) in [6, 6.07) is 12.5. The van der Waals surface area contributed by atoms with Gasteiger partial charge in [-0.1, -0.05) is 18.2 Å². The Morgan fingerprint density at radius 3 is 2.61 bits per heavy atom. The third-order valence-corrected chi connectivity index (χ3v) is 4.09. The third kappa shape index (κ3) is 3.51. The van der Waals surface area contributed by atoms with Crippen molar-refractivity contribution in [1.82, 2.24) is 24.9 Å². The van der Waals surface area contributed by atoms with Crippen molar-refractivity contribution < 1.29 is 0 Å². The zero-order valence-corrected chi connectivity index (χ0v) is 13.9. The van der Waals surface area contributed by atoms with Gasteiger partial charge in [-0.15, -0.1) is 0 Å². The minimum absolute atomic E-state index is 0.341. The van der Waals surface area contributed by atoms with Gasteiger partial charge in [-0.05, 0) is 39.0 Å². The van der Waals surface area contributed by atoms with Crippen molar-refractivity contribution in [3.63, 3.8) is 0 Å². The molecular formula is C18H23N5. The fraction of sp³-hybridized carbons (Fsp3) is 0.333. The second-order valence-electron chi connectivity index (χ2n) is 5.91. The second kappa shape index (κ2) is 6.79. The summed E-state index contributed by atoms with van der Waals surface area (Å²) in [5, 5.41) is 12.5. The van der Waals surface area contributed by atoms with Gasteiger partial charge in [0, 0.05) is 36.2 Å². The third-order valence-electron chi connectivity index (χ3n) is 4.09. The molecule has 23 heavy (non-hydrogen) atoms. The molecular weight excluding hydrogens is 286 g/mol. The van der Waals surface area contributed by atoms with Crippen LogP contribution in [0, 0.1) is 13.8 Å². The summed E-state index contributed by atoms with van der Waals surface area (Å²) in [4.78, 5) is 0. The monoisotopic (exact) mass is 309 g/mol. The van der Waals surface area contributed by atoms with E-state index >= 15 is 0 Å². The van der Waals surface area contributed by atoms with Crippen LogP contribution in [-0.2, 0) is 13.1 Å². The number of aromatic nitrogens is 4. The van der Waals surface area contributed by atoms with Crippen LogP contribution in [0.2, 0.25) is 0 Å². The first-order chi connectivity index (χ1) is 11.1. The lowest BCUT2D eigenvalue weighted by Crippen LogP contribution is -2.30. The molecule has 0 saturated heterocycles. The first kappa shape index (κ1) is 15.5. The molecule has 1 atom stereocenters. The zero-order valence-electron chi connectivity index (χ0n) is 13.9. The average molecular weight is 309 g/mol.